The number of para-hydroxylation sites is 1. The van der Waals surface area contributed by atoms with Crippen molar-refractivity contribution in [3.63, 3.8) is 0 Å². The molecule has 0 saturated heterocycles. The zero-order valence-electron chi connectivity index (χ0n) is 14.0. The van der Waals surface area contributed by atoms with Crippen LogP contribution in [0.4, 0.5) is 4.39 Å². The minimum Gasteiger partial charge on any atom is -0.489 e. The van der Waals surface area contributed by atoms with Gasteiger partial charge in [0.05, 0.1) is 4.88 Å². The highest BCUT2D eigenvalue weighted by molar-refractivity contribution is 7.21. The molecule has 0 fully saturated rings. The number of primary amides is 1. The number of halogens is 1. The molecule has 1 aromatic heterocycles. The Bertz CT molecular complexity index is 956. The number of thiophene rings is 1. The summed E-state index contributed by atoms with van der Waals surface area (Å²) < 4.78 is 20.7. The molecule has 0 aliphatic carbocycles. The SMILES string of the molecule is CC(NC(=O)c1sc2cccc(F)c2c1COc1ccccc1)C(N)=O. The summed E-state index contributed by atoms with van der Waals surface area (Å²) in [5.74, 6) is -0.941. The van der Waals surface area contributed by atoms with Crippen molar-refractivity contribution < 1.29 is 18.7 Å². The van der Waals surface area contributed by atoms with Crippen LogP contribution in [-0.2, 0) is 11.4 Å². The van der Waals surface area contributed by atoms with Gasteiger partial charge in [0, 0.05) is 15.6 Å². The highest BCUT2D eigenvalue weighted by Crippen LogP contribution is 2.34. The van der Waals surface area contributed by atoms with Gasteiger partial charge in [-0.25, -0.2) is 4.39 Å². The van der Waals surface area contributed by atoms with Gasteiger partial charge in [-0.15, -0.1) is 11.3 Å². The summed E-state index contributed by atoms with van der Waals surface area (Å²) in [6.45, 7) is 1.52. The fraction of sp³-hybridized carbons (Fsp3) is 0.158. The fourth-order valence-electron chi connectivity index (χ4n) is 2.49. The van der Waals surface area contributed by atoms with E-state index in [-0.39, 0.29) is 6.61 Å². The largest absolute Gasteiger partial charge is 0.489 e. The Balaban J connectivity index is 1.98. The van der Waals surface area contributed by atoms with Gasteiger partial charge in [-0.2, -0.15) is 0 Å². The topological polar surface area (TPSA) is 81.4 Å². The monoisotopic (exact) mass is 372 g/mol. The first-order valence-corrected chi connectivity index (χ1v) is 8.77. The van der Waals surface area contributed by atoms with Crippen LogP contribution in [0.5, 0.6) is 5.75 Å². The van der Waals surface area contributed by atoms with Crippen molar-refractivity contribution in [2.45, 2.75) is 19.6 Å². The molecular weight excluding hydrogens is 355 g/mol. The maximum absolute atomic E-state index is 14.4. The minimum absolute atomic E-state index is 0.0264. The number of hydrogen-bond acceptors (Lipinski definition) is 4. The molecule has 0 bridgehead atoms. The van der Waals surface area contributed by atoms with Crippen molar-refractivity contribution in [3.8, 4) is 5.75 Å². The standard InChI is InChI=1S/C19H17FN2O3S/c1-11(18(21)23)22-19(24)17-13(10-25-12-6-3-2-4-7-12)16-14(20)8-5-9-15(16)26-17/h2-9,11H,10H2,1H3,(H2,21,23)(H,22,24). The third kappa shape index (κ3) is 3.67. The Morgan fingerprint density at radius 3 is 2.62 bits per heavy atom. The van der Waals surface area contributed by atoms with Crippen molar-refractivity contribution in [2.75, 3.05) is 0 Å². The summed E-state index contributed by atoms with van der Waals surface area (Å²) in [5.41, 5.74) is 5.64. The molecular formula is C19H17FN2O3S. The number of nitrogens with two attached hydrogens (primary N) is 1. The van der Waals surface area contributed by atoms with E-state index in [1.165, 1.54) is 13.0 Å². The summed E-state index contributed by atoms with van der Waals surface area (Å²) in [6.07, 6.45) is 0. The highest BCUT2D eigenvalue weighted by Gasteiger charge is 2.23. The molecule has 3 N–H and O–H groups in total. The second-order valence-corrected chi connectivity index (χ2v) is 6.77. The number of carbonyl (C=O) groups excluding carboxylic acids is 2. The van der Waals surface area contributed by atoms with E-state index in [9.17, 15) is 14.0 Å². The predicted octanol–water partition coefficient (Wildman–Crippen LogP) is 3.22. The zero-order valence-corrected chi connectivity index (χ0v) is 14.8. The van der Waals surface area contributed by atoms with Crippen LogP contribution in [0.3, 0.4) is 0 Å². The molecule has 26 heavy (non-hydrogen) atoms. The Labute approximate surface area is 153 Å². The quantitative estimate of drug-likeness (QED) is 0.697. The second-order valence-electron chi connectivity index (χ2n) is 5.72. The average molecular weight is 372 g/mol. The van der Waals surface area contributed by atoms with Crippen molar-refractivity contribution in [2.24, 2.45) is 5.73 Å². The van der Waals surface area contributed by atoms with Gasteiger partial charge in [-0.05, 0) is 31.2 Å². The number of benzene rings is 2. The molecule has 1 heterocycles. The highest BCUT2D eigenvalue weighted by atomic mass is 32.1. The molecule has 0 radical (unpaired) electrons. The molecule has 134 valence electrons. The van der Waals surface area contributed by atoms with E-state index in [1.54, 1.807) is 24.3 Å². The van der Waals surface area contributed by atoms with E-state index in [0.29, 0.717) is 26.3 Å². The number of hydrogen-bond donors (Lipinski definition) is 2. The maximum Gasteiger partial charge on any atom is 0.262 e. The molecule has 1 atom stereocenters. The van der Waals surface area contributed by atoms with Gasteiger partial charge < -0.3 is 15.8 Å². The number of rotatable bonds is 6. The maximum atomic E-state index is 14.4. The molecule has 0 aliphatic rings. The van der Waals surface area contributed by atoms with Gasteiger partial charge >= 0.3 is 0 Å². The lowest BCUT2D eigenvalue weighted by Gasteiger charge is -2.11. The van der Waals surface area contributed by atoms with Crippen LogP contribution in [0.2, 0.25) is 0 Å². The Morgan fingerprint density at radius 1 is 1.19 bits per heavy atom. The van der Waals surface area contributed by atoms with Gasteiger partial charge in [-0.3, -0.25) is 9.59 Å². The smallest absolute Gasteiger partial charge is 0.262 e. The van der Waals surface area contributed by atoms with Gasteiger partial charge in [-0.1, -0.05) is 24.3 Å². The molecule has 5 nitrogen and oxygen atoms in total. The van der Waals surface area contributed by atoms with Crippen LogP contribution >= 0.6 is 11.3 Å². The molecule has 0 aliphatic heterocycles. The van der Waals surface area contributed by atoms with Crippen molar-refractivity contribution in [1.82, 2.24) is 5.32 Å². The number of amides is 2. The normalized spacial score (nSPS) is 11.9. The van der Waals surface area contributed by atoms with Crippen LogP contribution in [0.25, 0.3) is 10.1 Å². The Morgan fingerprint density at radius 2 is 1.92 bits per heavy atom. The van der Waals surface area contributed by atoms with E-state index in [0.717, 1.165) is 11.3 Å². The van der Waals surface area contributed by atoms with E-state index >= 15 is 0 Å². The molecule has 1 unspecified atom stereocenters. The van der Waals surface area contributed by atoms with Crippen LogP contribution < -0.4 is 15.8 Å². The first-order chi connectivity index (χ1) is 12.5. The van der Waals surface area contributed by atoms with Crippen molar-refractivity contribution in [1.29, 1.82) is 0 Å². The molecule has 2 aromatic carbocycles. The van der Waals surface area contributed by atoms with Gasteiger partial charge in [0.25, 0.3) is 5.91 Å². The van der Waals surface area contributed by atoms with Gasteiger partial charge in [0.1, 0.15) is 24.2 Å². The third-order valence-corrected chi connectivity index (χ3v) is 5.07. The number of nitrogens with one attached hydrogen (secondary N) is 1. The third-order valence-electron chi connectivity index (χ3n) is 3.87. The van der Waals surface area contributed by atoms with E-state index in [4.69, 9.17) is 10.5 Å². The summed E-state index contributed by atoms with van der Waals surface area (Å²) in [6, 6.07) is 12.9. The van der Waals surface area contributed by atoms with E-state index in [1.807, 2.05) is 18.2 Å². The van der Waals surface area contributed by atoms with Crippen LogP contribution in [-0.4, -0.2) is 17.9 Å². The first kappa shape index (κ1) is 17.9. The fourth-order valence-corrected chi connectivity index (χ4v) is 3.62. The van der Waals surface area contributed by atoms with Crippen LogP contribution in [0, 0.1) is 5.82 Å². The van der Waals surface area contributed by atoms with Crippen molar-refractivity contribution in [3.05, 3.63) is 64.8 Å². The molecule has 3 rings (SSSR count). The van der Waals surface area contributed by atoms with E-state index < -0.39 is 23.7 Å². The van der Waals surface area contributed by atoms with E-state index in [2.05, 4.69) is 5.32 Å². The lowest BCUT2D eigenvalue weighted by atomic mass is 10.1. The number of carbonyl (C=O) groups is 2. The minimum atomic E-state index is -0.833. The van der Waals surface area contributed by atoms with Crippen molar-refractivity contribution >= 4 is 33.2 Å². The number of ether oxygens (including phenoxy) is 1. The molecule has 3 aromatic rings. The average Bonchev–Trinajstić information content (AvgIpc) is 3.01. The molecule has 2 amide bonds. The molecule has 7 heteroatoms. The summed E-state index contributed by atoms with van der Waals surface area (Å²) in [7, 11) is 0. The second kappa shape index (κ2) is 7.53. The predicted molar refractivity (Wildman–Crippen MR) is 98.7 cm³/mol. The Hall–Kier alpha value is -2.93. The molecule has 0 spiro atoms. The lowest BCUT2D eigenvalue weighted by molar-refractivity contribution is -0.119. The first-order valence-electron chi connectivity index (χ1n) is 7.95. The summed E-state index contributed by atoms with van der Waals surface area (Å²) in [5, 5.41) is 2.89. The Kier molecular flexibility index (Phi) is 5.18. The zero-order chi connectivity index (χ0) is 18.7. The van der Waals surface area contributed by atoms with Gasteiger partial charge in [0.15, 0.2) is 0 Å². The molecule has 0 saturated carbocycles. The van der Waals surface area contributed by atoms with Crippen LogP contribution in [0.1, 0.15) is 22.2 Å². The summed E-state index contributed by atoms with van der Waals surface area (Å²) >= 11 is 1.15. The lowest BCUT2D eigenvalue weighted by Crippen LogP contribution is -2.42. The van der Waals surface area contributed by atoms with Gasteiger partial charge in [0.2, 0.25) is 5.91 Å². The number of fused-ring (bicyclic) bond motifs is 1. The van der Waals surface area contributed by atoms with Crippen LogP contribution in [0.15, 0.2) is 48.5 Å². The summed E-state index contributed by atoms with van der Waals surface area (Å²) in [4.78, 5) is 24.1.